The summed E-state index contributed by atoms with van der Waals surface area (Å²) >= 11 is 0. The summed E-state index contributed by atoms with van der Waals surface area (Å²) in [6.07, 6.45) is 0.862. The predicted octanol–water partition coefficient (Wildman–Crippen LogP) is 2.45. The van der Waals surface area contributed by atoms with E-state index in [1.165, 1.54) is 4.57 Å². The van der Waals surface area contributed by atoms with Crippen molar-refractivity contribution in [3.05, 3.63) is 61.9 Å². The van der Waals surface area contributed by atoms with Crippen molar-refractivity contribution in [3.8, 4) is 5.88 Å². The Bertz CT molecular complexity index is 1160. The second-order valence-corrected chi connectivity index (χ2v) is 8.35. The minimum atomic E-state index is -0.672. The number of H-pyrrole nitrogens is 2. The van der Waals surface area contributed by atoms with Crippen LogP contribution in [0.4, 0.5) is 0 Å². The number of aromatic hydroxyl groups is 1. The van der Waals surface area contributed by atoms with Gasteiger partial charge in [-0.05, 0) is 45.4 Å². The third-order valence-electron chi connectivity index (χ3n) is 5.61. The highest BCUT2D eigenvalue weighted by Crippen LogP contribution is 2.39. The zero-order valence-electron chi connectivity index (χ0n) is 16.7. The first-order valence-corrected chi connectivity index (χ1v) is 9.66. The highest BCUT2D eigenvalue weighted by molar-refractivity contribution is 5.85. The highest BCUT2D eigenvalue weighted by Gasteiger charge is 2.36. The van der Waals surface area contributed by atoms with Gasteiger partial charge >= 0.3 is 5.69 Å². The van der Waals surface area contributed by atoms with E-state index in [1.807, 2.05) is 45.9 Å². The van der Waals surface area contributed by atoms with Gasteiger partial charge in [0.05, 0.1) is 6.04 Å². The van der Waals surface area contributed by atoms with Gasteiger partial charge in [0, 0.05) is 28.7 Å². The second-order valence-electron chi connectivity index (χ2n) is 8.35. The lowest BCUT2D eigenvalue weighted by Crippen LogP contribution is -2.44. The number of benzene rings is 1. The Balaban J connectivity index is 2.04. The molecule has 1 aliphatic rings. The topological polar surface area (TPSA) is 94.1 Å². The molecule has 1 aliphatic heterocycles. The standard InChI is InChI=1S/C21H26N4O3/c1-5-24-11-10-13-12-8-6-7-9-14(12)22-16(13)17(24)15-18(26)23-20(28)25(19(15)27)21(2,3)4/h6-9,17,22,27H,5,10-11H2,1-4H3,(H,23,26,28). The molecule has 0 saturated heterocycles. The van der Waals surface area contributed by atoms with Gasteiger partial charge in [-0.15, -0.1) is 0 Å². The van der Waals surface area contributed by atoms with E-state index >= 15 is 0 Å². The zero-order valence-corrected chi connectivity index (χ0v) is 16.7. The number of aromatic amines is 2. The van der Waals surface area contributed by atoms with Crippen LogP contribution in [0.25, 0.3) is 10.9 Å². The van der Waals surface area contributed by atoms with E-state index in [1.54, 1.807) is 0 Å². The first kappa shape index (κ1) is 18.6. The number of likely N-dealkylation sites (N-methyl/N-ethyl adjacent to an activating group) is 1. The Labute approximate surface area is 162 Å². The van der Waals surface area contributed by atoms with E-state index in [4.69, 9.17) is 0 Å². The number of rotatable bonds is 2. The SMILES string of the molecule is CCN1CCc2c([nH]c3ccccc23)C1c1c(O)n(C(C)(C)C)c(=O)[nH]c1=O. The summed E-state index contributed by atoms with van der Waals surface area (Å²) in [6, 6.07) is 7.62. The van der Waals surface area contributed by atoms with Crippen LogP contribution in [0, 0.1) is 0 Å². The van der Waals surface area contributed by atoms with Crippen molar-refractivity contribution >= 4 is 10.9 Å². The molecule has 3 aromatic rings. The summed E-state index contributed by atoms with van der Waals surface area (Å²) in [4.78, 5) is 33.3. The maximum atomic E-state index is 12.9. The maximum absolute atomic E-state index is 12.9. The van der Waals surface area contributed by atoms with Gasteiger partial charge in [0.1, 0.15) is 5.56 Å². The van der Waals surface area contributed by atoms with Crippen LogP contribution < -0.4 is 11.2 Å². The van der Waals surface area contributed by atoms with Gasteiger partial charge < -0.3 is 10.1 Å². The van der Waals surface area contributed by atoms with Crippen molar-refractivity contribution in [2.45, 2.75) is 45.7 Å². The monoisotopic (exact) mass is 382 g/mol. The summed E-state index contributed by atoms with van der Waals surface area (Å²) in [5.41, 5.74) is 1.48. The smallest absolute Gasteiger partial charge is 0.331 e. The molecule has 4 rings (SSSR count). The van der Waals surface area contributed by atoms with Crippen molar-refractivity contribution in [3.63, 3.8) is 0 Å². The van der Waals surface area contributed by atoms with Crippen molar-refractivity contribution in [2.75, 3.05) is 13.1 Å². The van der Waals surface area contributed by atoms with Crippen molar-refractivity contribution < 1.29 is 5.11 Å². The molecule has 7 nitrogen and oxygen atoms in total. The predicted molar refractivity (Wildman–Crippen MR) is 109 cm³/mol. The fourth-order valence-corrected chi connectivity index (χ4v) is 4.37. The van der Waals surface area contributed by atoms with E-state index in [9.17, 15) is 14.7 Å². The molecule has 0 radical (unpaired) electrons. The molecular weight excluding hydrogens is 356 g/mol. The highest BCUT2D eigenvalue weighted by atomic mass is 16.3. The molecule has 148 valence electrons. The number of hydrogen-bond acceptors (Lipinski definition) is 4. The summed E-state index contributed by atoms with van der Waals surface area (Å²) < 4.78 is 1.26. The normalized spacial score (nSPS) is 17.8. The molecule has 2 aromatic heterocycles. The molecule has 0 amide bonds. The third kappa shape index (κ3) is 2.69. The fourth-order valence-electron chi connectivity index (χ4n) is 4.37. The van der Waals surface area contributed by atoms with Gasteiger partial charge in [0.2, 0.25) is 5.88 Å². The fraction of sp³-hybridized carbons (Fsp3) is 0.429. The maximum Gasteiger partial charge on any atom is 0.331 e. The zero-order chi connectivity index (χ0) is 20.2. The van der Waals surface area contributed by atoms with Crippen LogP contribution in [0.2, 0.25) is 0 Å². The molecule has 0 fully saturated rings. The Morgan fingerprint density at radius 1 is 1.18 bits per heavy atom. The minimum absolute atomic E-state index is 0.212. The van der Waals surface area contributed by atoms with Crippen molar-refractivity contribution in [1.29, 1.82) is 0 Å². The molecule has 1 aromatic carbocycles. The quantitative estimate of drug-likeness (QED) is 0.635. The average Bonchev–Trinajstić information content (AvgIpc) is 2.99. The second kappa shape index (κ2) is 6.38. The van der Waals surface area contributed by atoms with Crippen molar-refractivity contribution in [1.82, 2.24) is 19.4 Å². The number of aromatic nitrogens is 3. The van der Waals surface area contributed by atoms with Crippen LogP contribution in [0.5, 0.6) is 5.88 Å². The van der Waals surface area contributed by atoms with Gasteiger partial charge in [0.25, 0.3) is 5.56 Å². The summed E-state index contributed by atoms with van der Waals surface area (Å²) in [5, 5.41) is 12.2. The molecule has 0 spiro atoms. The molecule has 3 N–H and O–H groups in total. The van der Waals surface area contributed by atoms with E-state index in [0.717, 1.165) is 35.1 Å². The average molecular weight is 382 g/mol. The van der Waals surface area contributed by atoms with Crippen molar-refractivity contribution in [2.24, 2.45) is 0 Å². The van der Waals surface area contributed by atoms with E-state index in [-0.39, 0.29) is 11.4 Å². The Kier molecular flexibility index (Phi) is 4.23. The lowest BCUT2D eigenvalue weighted by molar-refractivity contribution is 0.210. The first-order chi connectivity index (χ1) is 13.2. The van der Waals surface area contributed by atoms with E-state index in [2.05, 4.69) is 20.9 Å². The lowest BCUT2D eigenvalue weighted by Gasteiger charge is -2.36. The van der Waals surface area contributed by atoms with E-state index < -0.39 is 22.8 Å². The summed E-state index contributed by atoms with van der Waals surface area (Å²) in [6.45, 7) is 8.98. The Hall–Kier alpha value is -2.80. The van der Waals surface area contributed by atoms with Crippen LogP contribution in [-0.4, -0.2) is 37.6 Å². The molecule has 7 heteroatoms. The van der Waals surface area contributed by atoms with Gasteiger partial charge in [0.15, 0.2) is 0 Å². The number of hydrogen-bond donors (Lipinski definition) is 3. The van der Waals surface area contributed by atoms with Gasteiger partial charge in [-0.3, -0.25) is 19.2 Å². The Morgan fingerprint density at radius 3 is 2.57 bits per heavy atom. The van der Waals surface area contributed by atoms with Crippen LogP contribution in [-0.2, 0) is 12.0 Å². The van der Waals surface area contributed by atoms with Crippen LogP contribution >= 0.6 is 0 Å². The molecule has 1 atom stereocenters. The number of nitrogens with zero attached hydrogens (tertiary/aromatic N) is 2. The van der Waals surface area contributed by atoms with E-state index in [0.29, 0.717) is 6.54 Å². The van der Waals surface area contributed by atoms with Gasteiger partial charge in [-0.2, -0.15) is 0 Å². The molecular formula is C21H26N4O3. The number of para-hydroxylation sites is 1. The molecule has 0 bridgehead atoms. The molecule has 0 saturated carbocycles. The minimum Gasteiger partial charge on any atom is -0.494 e. The summed E-state index contributed by atoms with van der Waals surface area (Å²) in [5.74, 6) is -0.267. The number of fused-ring (bicyclic) bond motifs is 3. The Morgan fingerprint density at radius 2 is 1.89 bits per heavy atom. The van der Waals surface area contributed by atoms with Crippen LogP contribution in [0.1, 0.15) is 50.6 Å². The molecule has 28 heavy (non-hydrogen) atoms. The third-order valence-corrected chi connectivity index (χ3v) is 5.61. The first-order valence-electron chi connectivity index (χ1n) is 9.66. The summed E-state index contributed by atoms with van der Waals surface area (Å²) in [7, 11) is 0. The van der Waals surface area contributed by atoms with Crippen LogP contribution in [0.15, 0.2) is 33.9 Å². The van der Waals surface area contributed by atoms with Crippen LogP contribution in [0.3, 0.4) is 0 Å². The molecule has 0 aliphatic carbocycles. The molecule has 3 heterocycles. The molecule has 1 unspecified atom stereocenters. The largest absolute Gasteiger partial charge is 0.494 e. The number of nitrogens with one attached hydrogen (secondary N) is 2. The van der Waals surface area contributed by atoms with Gasteiger partial charge in [-0.1, -0.05) is 25.1 Å². The lowest BCUT2D eigenvalue weighted by atomic mass is 9.93. The van der Waals surface area contributed by atoms with Gasteiger partial charge in [-0.25, -0.2) is 4.79 Å².